The number of carboxylic acids is 1. The van der Waals surface area contributed by atoms with Crippen LogP contribution in [0.3, 0.4) is 0 Å². The zero-order valence-corrected chi connectivity index (χ0v) is 9.66. The van der Waals surface area contributed by atoms with Crippen LogP contribution in [0.25, 0.3) is 5.69 Å². The summed E-state index contributed by atoms with van der Waals surface area (Å²) in [6.07, 6.45) is 1.23. The summed E-state index contributed by atoms with van der Waals surface area (Å²) in [6.45, 7) is 4.21. The molecule has 0 saturated heterocycles. The van der Waals surface area contributed by atoms with Gasteiger partial charge in [-0.25, -0.2) is 9.48 Å². The van der Waals surface area contributed by atoms with Crippen LogP contribution in [-0.2, 0) is 0 Å². The molecule has 1 aromatic carbocycles. The molecule has 0 aliphatic carbocycles. The van der Waals surface area contributed by atoms with Gasteiger partial charge in [-0.1, -0.05) is 31.2 Å². The smallest absolute Gasteiger partial charge is 0.356 e. The number of hydrogen-bond donors (Lipinski definition) is 1. The Morgan fingerprint density at radius 1 is 1.29 bits per heavy atom. The number of carboxylic acid groups (broad SMARTS) is 1. The summed E-state index contributed by atoms with van der Waals surface area (Å²) in [5.74, 6) is -0.596. The van der Waals surface area contributed by atoms with Crippen LogP contribution in [-0.4, -0.2) is 26.1 Å². The van der Waals surface area contributed by atoms with Crippen LogP contribution in [0.2, 0.25) is 0 Å². The van der Waals surface area contributed by atoms with Crippen molar-refractivity contribution >= 4 is 5.97 Å². The lowest BCUT2D eigenvalue weighted by atomic mass is 10.0. The SMILES string of the molecule is CC(C)c1ccc(-n2nncc2C(=O)O)cc1. The zero-order chi connectivity index (χ0) is 12.4. The molecule has 2 rings (SSSR count). The molecular formula is C12H13N3O2. The van der Waals surface area contributed by atoms with Gasteiger partial charge in [0, 0.05) is 0 Å². The second kappa shape index (κ2) is 4.37. The minimum atomic E-state index is -1.04. The highest BCUT2D eigenvalue weighted by atomic mass is 16.4. The van der Waals surface area contributed by atoms with Crippen LogP contribution in [0.1, 0.15) is 35.8 Å². The van der Waals surface area contributed by atoms with E-state index < -0.39 is 5.97 Å². The lowest BCUT2D eigenvalue weighted by Gasteiger charge is -2.07. The van der Waals surface area contributed by atoms with E-state index in [9.17, 15) is 4.79 Å². The Labute approximate surface area is 98.7 Å². The fourth-order valence-electron chi connectivity index (χ4n) is 1.57. The van der Waals surface area contributed by atoms with Crippen LogP contribution in [0.5, 0.6) is 0 Å². The number of rotatable bonds is 3. The first-order valence-corrected chi connectivity index (χ1v) is 5.34. The standard InChI is InChI=1S/C12H13N3O2/c1-8(2)9-3-5-10(6-4-9)15-11(12(16)17)7-13-14-15/h3-8H,1-2H3,(H,16,17). The highest BCUT2D eigenvalue weighted by molar-refractivity contribution is 5.85. The van der Waals surface area contributed by atoms with Crippen LogP contribution in [0.15, 0.2) is 30.5 Å². The molecule has 0 atom stereocenters. The topological polar surface area (TPSA) is 68.0 Å². The third-order valence-corrected chi connectivity index (χ3v) is 2.57. The summed E-state index contributed by atoms with van der Waals surface area (Å²) in [7, 11) is 0. The number of aromatic carboxylic acids is 1. The Morgan fingerprint density at radius 3 is 2.47 bits per heavy atom. The first-order valence-electron chi connectivity index (χ1n) is 5.34. The van der Waals surface area contributed by atoms with Crippen molar-refractivity contribution in [2.45, 2.75) is 19.8 Å². The summed E-state index contributed by atoms with van der Waals surface area (Å²) in [4.78, 5) is 10.9. The van der Waals surface area contributed by atoms with E-state index in [-0.39, 0.29) is 5.69 Å². The molecule has 0 unspecified atom stereocenters. The van der Waals surface area contributed by atoms with Crippen molar-refractivity contribution in [2.24, 2.45) is 0 Å². The number of carbonyl (C=O) groups is 1. The quantitative estimate of drug-likeness (QED) is 0.878. The molecule has 0 fully saturated rings. The number of nitrogens with zero attached hydrogens (tertiary/aromatic N) is 3. The number of aromatic nitrogens is 3. The normalized spacial score (nSPS) is 10.8. The van der Waals surface area contributed by atoms with Gasteiger partial charge in [0.1, 0.15) is 0 Å². The maximum absolute atomic E-state index is 10.9. The van der Waals surface area contributed by atoms with Gasteiger partial charge in [-0.2, -0.15) is 0 Å². The van der Waals surface area contributed by atoms with Crippen LogP contribution < -0.4 is 0 Å². The fourth-order valence-corrected chi connectivity index (χ4v) is 1.57. The molecule has 0 radical (unpaired) electrons. The van der Waals surface area contributed by atoms with Gasteiger partial charge in [0.15, 0.2) is 5.69 Å². The summed E-state index contributed by atoms with van der Waals surface area (Å²) in [5, 5.41) is 16.3. The Balaban J connectivity index is 2.40. The molecule has 17 heavy (non-hydrogen) atoms. The molecule has 0 spiro atoms. The van der Waals surface area contributed by atoms with Crippen molar-refractivity contribution in [1.29, 1.82) is 0 Å². The molecule has 1 aromatic heterocycles. The van der Waals surface area contributed by atoms with Gasteiger partial charge in [-0.05, 0) is 23.6 Å². The molecule has 0 aliphatic rings. The van der Waals surface area contributed by atoms with E-state index in [1.807, 2.05) is 24.3 Å². The summed E-state index contributed by atoms with van der Waals surface area (Å²) >= 11 is 0. The number of benzene rings is 1. The molecular weight excluding hydrogens is 218 g/mol. The van der Waals surface area contributed by atoms with E-state index in [0.717, 1.165) is 0 Å². The first kappa shape index (κ1) is 11.3. The van der Waals surface area contributed by atoms with Crippen LogP contribution >= 0.6 is 0 Å². The lowest BCUT2D eigenvalue weighted by molar-refractivity contribution is 0.0687. The highest BCUT2D eigenvalue weighted by Gasteiger charge is 2.12. The van der Waals surface area contributed by atoms with Gasteiger partial charge in [-0.3, -0.25) is 0 Å². The second-order valence-electron chi connectivity index (χ2n) is 4.08. The maximum atomic E-state index is 10.9. The maximum Gasteiger partial charge on any atom is 0.356 e. The van der Waals surface area contributed by atoms with E-state index in [4.69, 9.17) is 5.11 Å². The molecule has 0 saturated carbocycles. The van der Waals surface area contributed by atoms with Gasteiger partial charge in [0.25, 0.3) is 0 Å². The van der Waals surface area contributed by atoms with Crippen molar-refractivity contribution in [3.63, 3.8) is 0 Å². The molecule has 2 aromatic rings. The van der Waals surface area contributed by atoms with E-state index >= 15 is 0 Å². The summed E-state index contributed by atoms with van der Waals surface area (Å²) in [6, 6.07) is 7.62. The minimum Gasteiger partial charge on any atom is -0.476 e. The molecule has 0 bridgehead atoms. The van der Waals surface area contributed by atoms with Crippen molar-refractivity contribution in [2.75, 3.05) is 0 Å². The number of hydrogen-bond acceptors (Lipinski definition) is 3. The first-order chi connectivity index (χ1) is 8.09. The average Bonchev–Trinajstić information content (AvgIpc) is 2.78. The van der Waals surface area contributed by atoms with Gasteiger partial charge >= 0.3 is 5.97 Å². The van der Waals surface area contributed by atoms with Gasteiger partial charge < -0.3 is 5.11 Å². The van der Waals surface area contributed by atoms with E-state index in [2.05, 4.69) is 24.2 Å². The van der Waals surface area contributed by atoms with Crippen molar-refractivity contribution in [3.05, 3.63) is 41.7 Å². The molecule has 0 amide bonds. The van der Waals surface area contributed by atoms with Gasteiger partial charge in [0.05, 0.1) is 11.9 Å². The lowest BCUT2D eigenvalue weighted by Crippen LogP contribution is -2.07. The second-order valence-corrected chi connectivity index (χ2v) is 4.08. The Bertz CT molecular complexity index is 529. The monoisotopic (exact) mass is 231 g/mol. The van der Waals surface area contributed by atoms with Gasteiger partial charge in [-0.15, -0.1) is 5.10 Å². The van der Waals surface area contributed by atoms with Crippen molar-refractivity contribution < 1.29 is 9.90 Å². The largest absolute Gasteiger partial charge is 0.476 e. The van der Waals surface area contributed by atoms with Gasteiger partial charge in [0.2, 0.25) is 0 Å². The average molecular weight is 231 g/mol. The Hall–Kier alpha value is -2.17. The predicted octanol–water partition coefficient (Wildman–Crippen LogP) is 2.09. The molecule has 1 heterocycles. The molecule has 88 valence electrons. The molecule has 5 heteroatoms. The van der Waals surface area contributed by atoms with Crippen molar-refractivity contribution in [1.82, 2.24) is 15.0 Å². The Morgan fingerprint density at radius 2 is 1.94 bits per heavy atom. The van der Waals surface area contributed by atoms with E-state index in [0.29, 0.717) is 11.6 Å². The summed E-state index contributed by atoms with van der Waals surface area (Å²) < 4.78 is 1.31. The van der Waals surface area contributed by atoms with Crippen LogP contribution in [0.4, 0.5) is 0 Å². The Kier molecular flexibility index (Phi) is 2.91. The highest BCUT2D eigenvalue weighted by Crippen LogP contribution is 2.17. The van der Waals surface area contributed by atoms with E-state index in [1.54, 1.807) is 0 Å². The molecule has 5 nitrogen and oxygen atoms in total. The third kappa shape index (κ3) is 2.18. The molecule has 1 N–H and O–H groups in total. The fraction of sp³-hybridized carbons (Fsp3) is 0.250. The molecule has 0 aliphatic heterocycles. The summed E-state index contributed by atoms with van der Waals surface area (Å²) in [5.41, 5.74) is 1.96. The van der Waals surface area contributed by atoms with Crippen LogP contribution in [0, 0.1) is 0 Å². The predicted molar refractivity (Wildman–Crippen MR) is 62.4 cm³/mol. The minimum absolute atomic E-state index is 0.0577. The zero-order valence-electron chi connectivity index (χ0n) is 9.66. The van der Waals surface area contributed by atoms with E-state index in [1.165, 1.54) is 16.4 Å². The third-order valence-electron chi connectivity index (χ3n) is 2.57. The van der Waals surface area contributed by atoms with Crippen molar-refractivity contribution in [3.8, 4) is 5.69 Å².